The molecule has 0 bridgehead atoms. The van der Waals surface area contributed by atoms with E-state index in [9.17, 15) is 0 Å². The molecule has 0 aromatic rings. The summed E-state index contributed by atoms with van der Waals surface area (Å²) >= 11 is 3.25. The smallest absolute Gasteiger partial charge is 0.111 e. The Morgan fingerprint density at radius 1 is 1.40 bits per heavy atom. The standard InChI is InChI=1S/C7H13BrO2/c1-7(2)10-6-5-9-4-3-8/h1,3-6H2,2H3. The second kappa shape index (κ2) is 7.09. The number of alkyl halides is 1. The fraction of sp³-hybridized carbons (Fsp3) is 0.714. The molecular weight excluding hydrogens is 196 g/mol. The first-order valence-corrected chi connectivity index (χ1v) is 4.31. The van der Waals surface area contributed by atoms with Crippen molar-refractivity contribution in [1.82, 2.24) is 0 Å². The first-order chi connectivity index (χ1) is 4.77. The maximum atomic E-state index is 5.12. The van der Waals surface area contributed by atoms with Crippen LogP contribution >= 0.6 is 15.9 Å². The monoisotopic (exact) mass is 208 g/mol. The summed E-state index contributed by atoms with van der Waals surface area (Å²) in [5.41, 5.74) is 0. The van der Waals surface area contributed by atoms with Crippen molar-refractivity contribution in [2.75, 3.05) is 25.2 Å². The van der Waals surface area contributed by atoms with Gasteiger partial charge >= 0.3 is 0 Å². The largest absolute Gasteiger partial charge is 0.496 e. The first-order valence-electron chi connectivity index (χ1n) is 3.19. The summed E-state index contributed by atoms with van der Waals surface area (Å²) in [4.78, 5) is 0. The summed E-state index contributed by atoms with van der Waals surface area (Å²) in [5, 5.41) is 0.875. The van der Waals surface area contributed by atoms with Crippen LogP contribution in [0.1, 0.15) is 6.92 Å². The highest BCUT2D eigenvalue weighted by atomic mass is 79.9. The average molecular weight is 209 g/mol. The zero-order chi connectivity index (χ0) is 7.82. The molecule has 3 heteroatoms. The summed E-state index contributed by atoms with van der Waals surface area (Å²) in [6, 6.07) is 0. The van der Waals surface area contributed by atoms with Gasteiger partial charge in [-0.05, 0) is 6.92 Å². The van der Waals surface area contributed by atoms with Gasteiger partial charge in [-0.25, -0.2) is 0 Å². The van der Waals surface area contributed by atoms with E-state index in [1.807, 2.05) is 6.92 Å². The van der Waals surface area contributed by atoms with Gasteiger partial charge in [-0.1, -0.05) is 22.5 Å². The molecule has 0 N–H and O–H groups in total. The lowest BCUT2D eigenvalue weighted by Crippen LogP contribution is -2.04. The van der Waals surface area contributed by atoms with E-state index in [-0.39, 0.29) is 0 Å². The molecule has 0 saturated heterocycles. The van der Waals surface area contributed by atoms with Gasteiger partial charge in [0.05, 0.1) is 19.0 Å². The van der Waals surface area contributed by atoms with Gasteiger partial charge in [0, 0.05) is 5.33 Å². The molecule has 0 aromatic heterocycles. The summed E-state index contributed by atoms with van der Waals surface area (Å²) in [5.74, 6) is 0.738. The quantitative estimate of drug-likeness (QED) is 0.378. The van der Waals surface area contributed by atoms with Crippen molar-refractivity contribution in [3.05, 3.63) is 12.3 Å². The Kier molecular flexibility index (Phi) is 7.08. The number of rotatable bonds is 6. The highest BCUT2D eigenvalue weighted by Gasteiger charge is 1.87. The summed E-state index contributed by atoms with van der Waals surface area (Å²) in [6.45, 7) is 7.38. The van der Waals surface area contributed by atoms with Gasteiger partial charge in [0.1, 0.15) is 6.61 Å². The highest BCUT2D eigenvalue weighted by molar-refractivity contribution is 9.09. The molecule has 0 heterocycles. The van der Waals surface area contributed by atoms with Crippen molar-refractivity contribution in [3.8, 4) is 0 Å². The topological polar surface area (TPSA) is 18.5 Å². The van der Waals surface area contributed by atoms with Gasteiger partial charge in [-0.2, -0.15) is 0 Å². The maximum absolute atomic E-state index is 5.12. The molecule has 0 aliphatic rings. The van der Waals surface area contributed by atoms with Crippen LogP contribution in [-0.2, 0) is 9.47 Å². The second-order valence-corrected chi connectivity index (χ2v) is 2.64. The number of hydrogen-bond acceptors (Lipinski definition) is 2. The number of halogens is 1. The molecule has 0 radical (unpaired) electrons. The molecule has 0 unspecified atom stereocenters. The molecule has 2 nitrogen and oxygen atoms in total. The Morgan fingerprint density at radius 2 is 2.10 bits per heavy atom. The minimum Gasteiger partial charge on any atom is -0.496 e. The van der Waals surface area contributed by atoms with Crippen LogP contribution in [0.2, 0.25) is 0 Å². The Labute approximate surface area is 70.3 Å². The average Bonchev–Trinajstić information content (AvgIpc) is 1.87. The van der Waals surface area contributed by atoms with E-state index < -0.39 is 0 Å². The van der Waals surface area contributed by atoms with Gasteiger partial charge in [-0.15, -0.1) is 0 Å². The lowest BCUT2D eigenvalue weighted by molar-refractivity contribution is 0.0859. The fourth-order valence-electron chi connectivity index (χ4n) is 0.431. The van der Waals surface area contributed by atoms with Crippen LogP contribution in [0.3, 0.4) is 0 Å². The molecule has 0 spiro atoms. The van der Waals surface area contributed by atoms with E-state index in [1.165, 1.54) is 0 Å². The normalized spacial score (nSPS) is 9.40. The third-order valence-electron chi connectivity index (χ3n) is 0.798. The van der Waals surface area contributed by atoms with Crippen molar-refractivity contribution in [1.29, 1.82) is 0 Å². The third kappa shape index (κ3) is 7.98. The summed E-state index contributed by atoms with van der Waals surface area (Å²) in [7, 11) is 0. The number of allylic oxidation sites excluding steroid dienone is 1. The molecule has 0 atom stereocenters. The van der Waals surface area contributed by atoms with Crippen molar-refractivity contribution in [2.45, 2.75) is 6.92 Å². The predicted molar refractivity (Wildman–Crippen MR) is 45.4 cm³/mol. The van der Waals surface area contributed by atoms with E-state index >= 15 is 0 Å². The Bertz CT molecular complexity index is 93.6. The van der Waals surface area contributed by atoms with Crippen LogP contribution in [0.15, 0.2) is 12.3 Å². The number of ether oxygens (including phenoxy) is 2. The van der Waals surface area contributed by atoms with Gasteiger partial charge < -0.3 is 9.47 Å². The number of hydrogen-bond donors (Lipinski definition) is 0. The van der Waals surface area contributed by atoms with Crippen LogP contribution in [0.25, 0.3) is 0 Å². The predicted octanol–water partition coefficient (Wildman–Crippen LogP) is 1.95. The Morgan fingerprint density at radius 3 is 2.60 bits per heavy atom. The minimum absolute atomic E-state index is 0.600. The van der Waals surface area contributed by atoms with Crippen molar-refractivity contribution in [2.24, 2.45) is 0 Å². The Balaban J connectivity index is 2.84. The zero-order valence-electron chi connectivity index (χ0n) is 6.23. The molecule has 0 amide bonds. The van der Waals surface area contributed by atoms with Crippen LogP contribution in [-0.4, -0.2) is 25.2 Å². The first kappa shape index (κ1) is 9.98. The SMILES string of the molecule is C=C(C)OCCOCCBr. The minimum atomic E-state index is 0.600. The second-order valence-electron chi connectivity index (χ2n) is 1.85. The van der Waals surface area contributed by atoms with Gasteiger partial charge in [0.25, 0.3) is 0 Å². The van der Waals surface area contributed by atoms with Gasteiger partial charge in [0.15, 0.2) is 0 Å². The highest BCUT2D eigenvalue weighted by Crippen LogP contribution is 1.89. The molecule has 10 heavy (non-hydrogen) atoms. The summed E-state index contributed by atoms with van der Waals surface area (Å²) < 4.78 is 10.2. The molecule has 0 saturated carbocycles. The van der Waals surface area contributed by atoms with E-state index in [0.717, 1.165) is 17.7 Å². The zero-order valence-corrected chi connectivity index (χ0v) is 7.82. The molecule has 0 aliphatic heterocycles. The van der Waals surface area contributed by atoms with Crippen LogP contribution < -0.4 is 0 Å². The molecular formula is C7H13BrO2. The summed E-state index contributed by atoms with van der Waals surface area (Å²) in [6.07, 6.45) is 0. The van der Waals surface area contributed by atoms with Crippen molar-refractivity contribution >= 4 is 15.9 Å². The van der Waals surface area contributed by atoms with Gasteiger partial charge in [0.2, 0.25) is 0 Å². The molecule has 60 valence electrons. The molecule has 0 aromatic carbocycles. The molecule has 0 rings (SSSR count). The van der Waals surface area contributed by atoms with Crippen LogP contribution in [0.5, 0.6) is 0 Å². The van der Waals surface area contributed by atoms with E-state index in [4.69, 9.17) is 9.47 Å². The molecule has 0 fully saturated rings. The fourth-order valence-corrected chi connectivity index (χ4v) is 0.660. The lowest BCUT2D eigenvalue weighted by atomic mass is 10.6. The Hall–Kier alpha value is -0.0200. The van der Waals surface area contributed by atoms with E-state index in [1.54, 1.807) is 0 Å². The van der Waals surface area contributed by atoms with Crippen molar-refractivity contribution < 1.29 is 9.47 Å². The molecule has 0 aliphatic carbocycles. The van der Waals surface area contributed by atoms with Gasteiger partial charge in [-0.3, -0.25) is 0 Å². The van der Waals surface area contributed by atoms with Crippen LogP contribution in [0, 0.1) is 0 Å². The van der Waals surface area contributed by atoms with Crippen LogP contribution in [0.4, 0.5) is 0 Å². The maximum Gasteiger partial charge on any atom is 0.111 e. The lowest BCUT2D eigenvalue weighted by Gasteiger charge is -2.04. The van der Waals surface area contributed by atoms with Crippen molar-refractivity contribution in [3.63, 3.8) is 0 Å². The van der Waals surface area contributed by atoms with E-state index in [2.05, 4.69) is 22.5 Å². The third-order valence-corrected chi connectivity index (χ3v) is 1.12. The van der Waals surface area contributed by atoms with E-state index in [0.29, 0.717) is 13.2 Å².